The van der Waals surface area contributed by atoms with Crippen LogP contribution in [0.15, 0.2) is 10.7 Å². The van der Waals surface area contributed by atoms with E-state index in [-0.39, 0.29) is 5.69 Å². The fraction of sp³-hybridized carbons (Fsp3) is 0.429. The van der Waals surface area contributed by atoms with E-state index in [9.17, 15) is 4.79 Å². The summed E-state index contributed by atoms with van der Waals surface area (Å²) in [5, 5.41) is 0. The van der Waals surface area contributed by atoms with Crippen molar-refractivity contribution in [2.75, 3.05) is 0 Å². The van der Waals surface area contributed by atoms with Gasteiger partial charge in [0, 0.05) is 6.42 Å². The van der Waals surface area contributed by atoms with Gasteiger partial charge in [-0.05, 0) is 6.42 Å². The van der Waals surface area contributed by atoms with Crippen molar-refractivity contribution in [3.05, 3.63) is 17.8 Å². The van der Waals surface area contributed by atoms with Crippen LogP contribution in [0.2, 0.25) is 0 Å². The lowest BCUT2D eigenvalue weighted by molar-refractivity contribution is 0.0948. The predicted molar refractivity (Wildman–Crippen MR) is 42.2 cm³/mol. The van der Waals surface area contributed by atoms with Gasteiger partial charge in [-0.1, -0.05) is 6.92 Å². The first-order valence-corrected chi connectivity index (χ1v) is 3.73. The number of nitrogen functional groups attached to an aromatic ring is 1. The predicted octanol–water partition coefficient (Wildman–Crippen LogP) is 0.231. The minimum absolute atomic E-state index is 0.223. The number of hydrogen-bond donors (Lipinski definition) is 2. The van der Waals surface area contributed by atoms with Crippen LogP contribution in [-0.2, 0) is 6.42 Å². The minimum atomic E-state index is -0.430. The normalized spacial score (nSPS) is 9.83. The number of rotatable bonds is 3. The topological polar surface area (TPSA) is 81.2 Å². The lowest BCUT2D eigenvalue weighted by Crippen LogP contribution is -2.30. The Hall–Kier alpha value is -1.36. The van der Waals surface area contributed by atoms with Crippen LogP contribution >= 0.6 is 0 Å². The Morgan fingerprint density at radius 2 is 2.58 bits per heavy atom. The van der Waals surface area contributed by atoms with E-state index in [0.717, 1.165) is 12.8 Å². The fourth-order valence-electron chi connectivity index (χ4n) is 0.818. The second kappa shape index (κ2) is 3.87. The molecular formula is C7H11N3O2. The molecule has 0 saturated heterocycles. The van der Waals surface area contributed by atoms with Gasteiger partial charge in [0.1, 0.15) is 6.26 Å². The first-order valence-electron chi connectivity index (χ1n) is 3.73. The van der Waals surface area contributed by atoms with Gasteiger partial charge in [-0.25, -0.2) is 10.8 Å². The summed E-state index contributed by atoms with van der Waals surface area (Å²) in [6, 6.07) is 0. The summed E-state index contributed by atoms with van der Waals surface area (Å²) >= 11 is 0. The van der Waals surface area contributed by atoms with E-state index in [2.05, 4.69) is 4.98 Å². The summed E-state index contributed by atoms with van der Waals surface area (Å²) < 4.78 is 5.00. The summed E-state index contributed by atoms with van der Waals surface area (Å²) in [5.74, 6) is 5.04. The van der Waals surface area contributed by atoms with E-state index in [4.69, 9.17) is 10.3 Å². The van der Waals surface area contributed by atoms with Gasteiger partial charge in [0.2, 0.25) is 0 Å². The number of aromatic nitrogens is 1. The Kier molecular flexibility index (Phi) is 2.82. The van der Waals surface area contributed by atoms with Gasteiger partial charge in [0.05, 0.1) is 0 Å². The Morgan fingerprint density at radius 1 is 1.83 bits per heavy atom. The highest BCUT2D eigenvalue weighted by Gasteiger charge is 2.09. The SMILES string of the molecule is CCCc1nc(C(=O)NN)co1. The molecule has 0 aliphatic carbocycles. The molecule has 1 rings (SSSR count). The fourth-order valence-corrected chi connectivity index (χ4v) is 0.818. The van der Waals surface area contributed by atoms with Gasteiger partial charge < -0.3 is 4.42 Å². The van der Waals surface area contributed by atoms with Crippen LogP contribution in [0.25, 0.3) is 0 Å². The van der Waals surface area contributed by atoms with E-state index in [1.54, 1.807) is 0 Å². The number of oxazole rings is 1. The molecule has 12 heavy (non-hydrogen) atoms. The molecule has 0 aliphatic rings. The zero-order chi connectivity index (χ0) is 8.97. The molecule has 66 valence electrons. The molecule has 5 heteroatoms. The Morgan fingerprint density at radius 3 is 3.17 bits per heavy atom. The van der Waals surface area contributed by atoms with E-state index in [0.29, 0.717) is 5.89 Å². The van der Waals surface area contributed by atoms with Gasteiger partial charge >= 0.3 is 0 Å². The van der Waals surface area contributed by atoms with Crippen molar-refractivity contribution in [1.82, 2.24) is 10.4 Å². The van der Waals surface area contributed by atoms with Gasteiger partial charge in [-0.3, -0.25) is 10.2 Å². The van der Waals surface area contributed by atoms with Crippen LogP contribution in [0.4, 0.5) is 0 Å². The van der Waals surface area contributed by atoms with E-state index < -0.39 is 5.91 Å². The number of carbonyl (C=O) groups is 1. The second-order valence-electron chi connectivity index (χ2n) is 2.35. The van der Waals surface area contributed by atoms with Crippen LogP contribution in [-0.4, -0.2) is 10.9 Å². The third-order valence-corrected chi connectivity index (χ3v) is 1.38. The number of nitrogens with zero attached hydrogens (tertiary/aromatic N) is 1. The van der Waals surface area contributed by atoms with Crippen molar-refractivity contribution in [3.8, 4) is 0 Å². The summed E-state index contributed by atoms with van der Waals surface area (Å²) in [6.45, 7) is 2.01. The average Bonchev–Trinajstić information content (AvgIpc) is 2.52. The van der Waals surface area contributed by atoms with Crippen LogP contribution in [0.1, 0.15) is 29.7 Å². The molecule has 0 aliphatic heterocycles. The highest BCUT2D eigenvalue weighted by Crippen LogP contribution is 2.03. The molecule has 0 aromatic carbocycles. The monoisotopic (exact) mass is 169 g/mol. The lowest BCUT2D eigenvalue weighted by Gasteiger charge is -1.90. The largest absolute Gasteiger partial charge is 0.448 e. The molecule has 5 nitrogen and oxygen atoms in total. The molecule has 1 heterocycles. The molecule has 0 atom stereocenters. The van der Waals surface area contributed by atoms with Crippen LogP contribution in [0.3, 0.4) is 0 Å². The van der Waals surface area contributed by atoms with Gasteiger partial charge in [0.15, 0.2) is 11.6 Å². The maximum absolute atomic E-state index is 10.9. The van der Waals surface area contributed by atoms with Gasteiger partial charge in [0.25, 0.3) is 5.91 Å². The number of hydrazine groups is 1. The van der Waals surface area contributed by atoms with Crippen molar-refractivity contribution in [1.29, 1.82) is 0 Å². The molecule has 0 radical (unpaired) electrons. The Labute approximate surface area is 69.9 Å². The first-order chi connectivity index (χ1) is 5.77. The maximum Gasteiger partial charge on any atom is 0.287 e. The molecule has 1 aromatic heterocycles. The van der Waals surface area contributed by atoms with Crippen molar-refractivity contribution in [2.24, 2.45) is 5.84 Å². The molecule has 3 N–H and O–H groups in total. The van der Waals surface area contributed by atoms with Crippen molar-refractivity contribution in [3.63, 3.8) is 0 Å². The quantitative estimate of drug-likeness (QED) is 0.385. The smallest absolute Gasteiger partial charge is 0.287 e. The molecule has 1 amide bonds. The number of amides is 1. The first kappa shape index (κ1) is 8.73. The molecule has 0 spiro atoms. The second-order valence-corrected chi connectivity index (χ2v) is 2.35. The number of aryl methyl sites for hydroxylation is 1. The van der Waals surface area contributed by atoms with Gasteiger partial charge in [-0.2, -0.15) is 0 Å². The molecule has 0 bridgehead atoms. The molecule has 0 saturated carbocycles. The molecule has 0 unspecified atom stereocenters. The third kappa shape index (κ3) is 1.82. The molecule has 1 aromatic rings. The average molecular weight is 169 g/mol. The lowest BCUT2D eigenvalue weighted by atomic mass is 10.3. The van der Waals surface area contributed by atoms with Crippen LogP contribution < -0.4 is 11.3 Å². The number of nitrogens with one attached hydrogen (secondary N) is 1. The Bertz CT molecular complexity index is 269. The summed E-state index contributed by atoms with van der Waals surface area (Å²) in [5.41, 5.74) is 2.20. The summed E-state index contributed by atoms with van der Waals surface area (Å²) in [7, 11) is 0. The Balaban J connectivity index is 2.70. The van der Waals surface area contributed by atoms with E-state index >= 15 is 0 Å². The highest BCUT2D eigenvalue weighted by molar-refractivity contribution is 5.91. The maximum atomic E-state index is 10.9. The summed E-state index contributed by atoms with van der Waals surface area (Å²) in [4.78, 5) is 14.8. The van der Waals surface area contributed by atoms with Crippen LogP contribution in [0, 0.1) is 0 Å². The number of carbonyl (C=O) groups excluding carboxylic acids is 1. The van der Waals surface area contributed by atoms with Crippen molar-refractivity contribution >= 4 is 5.91 Å². The zero-order valence-electron chi connectivity index (χ0n) is 6.83. The highest BCUT2D eigenvalue weighted by atomic mass is 16.3. The number of nitrogens with two attached hydrogens (primary N) is 1. The van der Waals surface area contributed by atoms with Crippen LogP contribution in [0.5, 0.6) is 0 Å². The van der Waals surface area contributed by atoms with Gasteiger partial charge in [-0.15, -0.1) is 0 Å². The van der Waals surface area contributed by atoms with E-state index in [1.165, 1.54) is 6.26 Å². The number of hydrogen-bond acceptors (Lipinski definition) is 4. The van der Waals surface area contributed by atoms with Crippen molar-refractivity contribution in [2.45, 2.75) is 19.8 Å². The molecular weight excluding hydrogens is 158 g/mol. The van der Waals surface area contributed by atoms with Crippen molar-refractivity contribution < 1.29 is 9.21 Å². The standard InChI is InChI=1S/C7H11N3O2/c1-2-3-6-9-5(4-12-6)7(11)10-8/h4H,2-3,8H2,1H3,(H,10,11). The minimum Gasteiger partial charge on any atom is -0.448 e. The summed E-state index contributed by atoms with van der Waals surface area (Å²) in [6.07, 6.45) is 2.97. The van der Waals surface area contributed by atoms with E-state index in [1.807, 2.05) is 12.3 Å². The zero-order valence-corrected chi connectivity index (χ0v) is 6.83. The molecule has 0 fully saturated rings. The third-order valence-electron chi connectivity index (χ3n) is 1.38.